The second-order valence-electron chi connectivity index (χ2n) is 5.59. The summed E-state index contributed by atoms with van der Waals surface area (Å²) in [6, 6.07) is 13.0. The molecule has 7 heteroatoms. The third kappa shape index (κ3) is 3.57. The van der Waals surface area contributed by atoms with Crippen molar-refractivity contribution in [2.45, 2.75) is 23.5 Å². The molecule has 0 N–H and O–H groups in total. The normalized spacial score (nSPS) is 16.8. The van der Waals surface area contributed by atoms with Crippen LogP contribution in [0.3, 0.4) is 0 Å². The zero-order valence-electron chi connectivity index (χ0n) is 14.0. The Labute approximate surface area is 154 Å². The molecular weight excluding hydrogens is 354 g/mol. The molecular formula is C19H16NO5S-. The zero-order valence-corrected chi connectivity index (χ0v) is 14.8. The molecule has 1 aliphatic heterocycles. The van der Waals surface area contributed by atoms with Crippen molar-refractivity contribution in [2.75, 3.05) is 11.5 Å². The van der Waals surface area contributed by atoms with Crippen LogP contribution in [0, 0.1) is 0 Å². The first-order valence-electron chi connectivity index (χ1n) is 8.08. The molecule has 1 saturated heterocycles. The van der Waals surface area contributed by atoms with E-state index in [1.807, 2.05) is 6.92 Å². The number of ether oxygens (including phenoxy) is 1. The van der Waals surface area contributed by atoms with E-state index in [0.29, 0.717) is 22.9 Å². The first-order valence-corrected chi connectivity index (χ1v) is 8.96. The number of hydrogen-bond donors (Lipinski definition) is 0. The van der Waals surface area contributed by atoms with E-state index in [9.17, 15) is 19.5 Å². The highest BCUT2D eigenvalue weighted by atomic mass is 32.2. The Morgan fingerprint density at radius 2 is 1.88 bits per heavy atom. The molecule has 0 spiro atoms. The lowest BCUT2D eigenvalue weighted by Gasteiger charge is -2.16. The third-order valence-corrected chi connectivity index (χ3v) is 5.15. The van der Waals surface area contributed by atoms with Gasteiger partial charge >= 0.3 is 0 Å². The molecule has 0 aliphatic carbocycles. The average Bonchev–Trinajstić information content (AvgIpc) is 2.90. The van der Waals surface area contributed by atoms with Crippen LogP contribution in [0.4, 0.5) is 5.69 Å². The van der Waals surface area contributed by atoms with Crippen LogP contribution in [0.2, 0.25) is 0 Å². The molecule has 6 nitrogen and oxygen atoms in total. The molecule has 1 atom stereocenters. The highest BCUT2D eigenvalue weighted by Gasteiger charge is 2.40. The van der Waals surface area contributed by atoms with E-state index < -0.39 is 11.2 Å². The second kappa shape index (κ2) is 7.61. The Kier molecular flexibility index (Phi) is 5.27. The van der Waals surface area contributed by atoms with Crippen molar-refractivity contribution in [3.05, 3.63) is 54.1 Å². The van der Waals surface area contributed by atoms with Crippen LogP contribution < -0.4 is 14.7 Å². The van der Waals surface area contributed by atoms with Crippen molar-refractivity contribution in [3.63, 3.8) is 0 Å². The fourth-order valence-electron chi connectivity index (χ4n) is 2.72. The number of aromatic carboxylic acids is 1. The molecule has 0 unspecified atom stereocenters. The summed E-state index contributed by atoms with van der Waals surface area (Å²) in [5.74, 6) is -1.34. The monoisotopic (exact) mass is 370 g/mol. The number of carboxylic acids is 1. The van der Waals surface area contributed by atoms with E-state index in [1.54, 1.807) is 42.5 Å². The first-order chi connectivity index (χ1) is 12.5. The van der Waals surface area contributed by atoms with E-state index >= 15 is 0 Å². The zero-order chi connectivity index (χ0) is 18.7. The van der Waals surface area contributed by atoms with Gasteiger partial charge in [-0.15, -0.1) is 11.8 Å². The van der Waals surface area contributed by atoms with Crippen LogP contribution >= 0.6 is 11.8 Å². The summed E-state index contributed by atoms with van der Waals surface area (Å²) in [6.45, 7) is 2.39. The van der Waals surface area contributed by atoms with Gasteiger partial charge in [0.1, 0.15) is 5.75 Å². The lowest BCUT2D eigenvalue weighted by molar-refractivity contribution is -0.255. The Balaban J connectivity index is 1.80. The van der Waals surface area contributed by atoms with E-state index in [1.165, 1.54) is 6.07 Å². The van der Waals surface area contributed by atoms with Crippen molar-refractivity contribution in [3.8, 4) is 5.75 Å². The Morgan fingerprint density at radius 1 is 1.19 bits per heavy atom. The predicted molar refractivity (Wildman–Crippen MR) is 95.1 cm³/mol. The topological polar surface area (TPSA) is 86.7 Å². The van der Waals surface area contributed by atoms with Crippen LogP contribution in [0.1, 0.15) is 23.7 Å². The van der Waals surface area contributed by atoms with Crippen LogP contribution in [0.5, 0.6) is 5.75 Å². The molecule has 2 amide bonds. The smallest absolute Gasteiger partial charge is 0.247 e. The minimum absolute atomic E-state index is 0.0114. The summed E-state index contributed by atoms with van der Waals surface area (Å²) < 4.78 is 5.36. The molecule has 1 aliphatic rings. The summed E-state index contributed by atoms with van der Waals surface area (Å²) in [5, 5.41) is 10.5. The highest BCUT2D eigenvalue weighted by Crippen LogP contribution is 2.35. The average molecular weight is 370 g/mol. The molecule has 0 aromatic heterocycles. The summed E-state index contributed by atoms with van der Waals surface area (Å²) in [6.07, 6.45) is 0.0120. The van der Waals surface area contributed by atoms with Gasteiger partial charge in [-0.05, 0) is 37.3 Å². The number of nitrogens with zero attached hydrogens (tertiary/aromatic N) is 1. The summed E-state index contributed by atoms with van der Waals surface area (Å²) in [4.78, 5) is 37.8. The minimum atomic E-state index is -1.31. The molecule has 1 heterocycles. The van der Waals surface area contributed by atoms with Crippen LogP contribution in [0.15, 0.2) is 53.4 Å². The number of carboxylic acid groups (broad SMARTS) is 1. The summed E-state index contributed by atoms with van der Waals surface area (Å²) in [5.41, 5.74) is 0.483. The van der Waals surface area contributed by atoms with Gasteiger partial charge in [0.25, 0.3) is 0 Å². The van der Waals surface area contributed by atoms with E-state index in [4.69, 9.17) is 4.74 Å². The Bertz CT molecular complexity index is 849. The quantitative estimate of drug-likeness (QED) is 0.722. The Hall–Kier alpha value is -2.80. The number of hydrogen-bond acceptors (Lipinski definition) is 6. The number of carbonyl (C=O) groups excluding carboxylic acids is 3. The van der Waals surface area contributed by atoms with Crippen LogP contribution in [0.25, 0.3) is 0 Å². The Morgan fingerprint density at radius 3 is 2.54 bits per heavy atom. The maximum atomic E-state index is 12.7. The fourth-order valence-corrected chi connectivity index (χ4v) is 3.89. The van der Waals surface area contributed by atoms with Crippen molar-refractivity contribution in [2.24, 2.45) is 0 Å². The van der Waals surface area contributed by atoms with E-state index in [0.717, 1.165) is 16.7 Å². The lowest BCUT2D eigenvalue weighted by atomic mass is 10.2. The number of benzene rings is 2. The first kappa shape index (κ1) is 18.0. The predicted octanol–water partition coefficient (Wildman–Crippen LogP) is 1.87. The number of amides is 2. The number of rotatable bonds is 6. The highest BCUT2D eigenvalue weighted by molar-refractivity contribution is 8.00. The third-order valence-electron chi connectivity index (χ3n) is 3.89. The molecule has 134 valence electrons. The van der Waals surface area contributed by atoms with E-state index in [2.05, 4.69) is 0 Å². The van der Waals surface area contributed by atoms with E-state index in [-0.39, 0.29) is 23.8 Å². The van der Waals surface area contributed by atoms with Gasteiger partial charge < -0.3 is 14.6 Å². The van der Waals surface area contributed by atoms with Gasteiger partial charge in [0.15, 0.2) is 0 Å². The van der Waals surface area contributed by atoms with Crippen molar-refractivity contribution in [1.82, 2.24) is 0 Å². The standard InChI is InChI=1S/C19H17NO5S/c1-2-25-13-9-7-12(8-10-13)20-17(21)11-16(18(20)22)26-15-6-4-3-5-14(15)19(23)24/h3-10,16H,2,11H2,1H3,(H,23,24)/p-1/t16-/m0/s1. The molecule has 3 rings (SSSR count). The number of carbonyl (C=O) groups is 3. The van der Waals surface area contributed by atoms with Crippen LogP contribution in [-0.4, -0.2) is 29.6 Å². The SMILES string of the molecule is CCOc1ccc(N2C(=O)C[C@H](Sc3ccccc3C(=O)[O-])C2=O)cc1. The minimum Gasteiger partial charge on any atom is -0.545 e. The van der Waals surface area contributed by atoms with Gasteiger partial charge in [-0.1, -0.05) is 18.2 Å². The molecule has 1 fully saturated rings. The lowest BCUT2D eigenvalue weighted by Crippen LogP contribution is -2.31. The van der Waals surface area contributed by atoms with Gasteiger partial charge in [0, 0.05) is 16.9 Å². The summed E-state index contributed by atoms with van der Waals surface area (Å²) >= 11 is 1.07. The molecule has 2 aromatic carbocycles. The number of imide groups is 1. The van der Waals surface area contributed by atoms with Crippen molar-refractivity contribution >= 4 is 35.2 Å². The van der Waals surface area contributed by atoms with Crippen molar-refractivity contribution < 1.29 is 24.2 Å². The number of anilines is 1. The molecule has 0 bridgehead atoms. The van der Waals surface area contributed by atoms with Gasteiger partial charge in [-0.25, -0.2) is 4.90 Å². The maximum Gasteiger partial charge on any atom is 0.247 e. The summed E-state index contributed by atoms with van der Waals surface area (Å²) in [7, 11) is 0. The second-order valence-corrected chi connectivity index (χ2v) is 6.83. The van der Waals surface area contributed by atoms with Gasteiger partial charge in [-0.3, -0.25) is 9.59 Å². The van der Waals surface area contributed by atoms with Gasteiger partial charge in [0.05, 0.1) is 23.5 Å². The van der Waals surface area contributed by atoms with Crippen LogP contribution in [-0.2, 0) is 9.59 Å². The van der Waals surface area contributed by atoms with Gasteiger partial charge in [0.2, 0.25) is 11.8 Å². The van der Waals surface area contributed by atoms with Crippen molar-refractivity contribution in [1.29, 1.82) is 0 Å². The largest absolute Gasteiger partial charge is 0.545 e. The van der Waals surface area contributed by atoms with Gasteiger partial charge in [-0.2, -0.15) is 0 Å². The number of thioether (sulfide) groups is 1. The maximum absolute atomic E-state index is 12.7. The fraction of sp³-hybridized carbons (Fsp3) is 0.211. The molecule has 2 aromatic rings. The molecule has 0 radical (unpaired) electrons. The molecule has 26 heavy (non-hydrogen) atoms. The molecule has 0 saturated carbocycles.